The normalized spacial score (nSPS) is 19.5. The summed E-state index contributed by atoms with van der Waals surface area (Å²) < 4.78 is 1.46. The van der Waals surface area contributed by atoms with Crippen LogP contribution in [0, 0.1) is 5.92 Å². The fourth-order valence-corrected chi connectivity index (χ4v) is 5.85. The molecule has 2 amide bonds. The lowest BCUT2D eigenvalue weighted by molar-refractivity contribution is -0.123. The number of amides is 2. The zero-order chi connectivity index (χ0) is 22.5. The number of fused-ring (bicyclic) bond motifs is 1. The summed E-state index contributed by atoms with van der Waals surface area (Å²) >= 11 is 10.4. The van der Waals surface area contributed by atoms with Gasteiger partial charge in [-0.1, -0.05) is 92.8 Å². The van der Waals surface area contributed by atoms with E-state index in [2.05, 4.69) is 36.7 Å². The molecule has 31 heavy (non-hydrogen) atoms. The second-order valence-electron chi connectivity index (χ2n) is 8.23. The van der Waals surface area contributed by atoms with Crippen LogP contribution in [0.1, 0.15) is 71.3 Å². The average molecular weight is 524 g/mol. The molecule has 0 radical (unpaired) electrons. The van der Waals surface area contributed by atoms with Crippen molar-refractivity contribution in [2.24, 2.45) is 5.92 Å². The Labute approximate surface area is 203 Å². The Balaban J connectivity index is 1.93. The van der Waals surface area contributed by atoms with Crippen LogP contribution in [0.2, 0.25) is 0 Å². The summed E-state index contributed by atoms with van der Waals surface area (Å²) in [5.74, 6) is 0.232. The first-order valence-electron chi connectivity index (χ1n) is 11.3. The van der Waals surface area contributed by atoms with Crippen molar-refractivity contribution in [2.45, 2.75) is 65.7 Å². The number of anilines is 1. The zero-order valence-electron chi connectivity index (χ0n) is 18.6. The molecule has 1 atom stereocenters. The van der Waals surface area contributed by atoms with Gasteiger partial charge in [0.15, 0.2) is 0 Å². The van der Waals surface area contributed by atoms with Gasteiger partial charge >= 0.3 is 0 Å². The van der Waals surface area contributed by atoms with Gasteiger partial charge in [0.2, 0.25) is 0 Å². The number of halogens is 1. The number of hydrogen-bond acceptors (Lipinski definition) is 4. The molecule has 3 rings (SSSR count). The number of hydrogen-bond donors (Lipinski definition) is 0. The van der Waals surface area contributed by atoms with Gasteiger partial charge in [-0.3, -0.25) is 14.5 Å². The van der Waals surface area contributed by atoms with E-state index in [4.69, 9.17) is 12.2 Å². The highest BCUT2D eigenvalue weighted by molar-refractivity contribution is 9.10. The molecular weight excluding hydrogens is 492 g/mol. The van der Waals surface area contributed by atoms with Gasteiger partial charge in [-0.25, -0.2) is 0 Å². The molecule has 1 aromatic carbocycles. The molecule has 0 bridgehead atoms. The van der Waals surface area contributed by atoms with Gasteiger partial charge < -0.3 is 4.90 Å². The largest absolute Gasteiger partial charge is 0.308 e. The van der Waals surface area contributed by atoms with Crippen LogP contribution >= 0.6 is 39.9 Å². The van der Waals surface area contributed by atoms with E-state index in [1.807, 2.05) is 23.1 Å². The van der Waals surface area contributed by atoms with Gasteiger partial charge in [0.05, 0.1) is 16.2 Å². The van der Waals surface area contributed by atoms with E-state index in [9.17, 15) is 9.59 Å². The smallest absolute Gasteiger partial charge is 0.267 e. The third-order valence-electron chi connectivity index (χ3n) is 6.02. The minimum absolute atomic E-state index is 0.0808. The number of rotatable bonds is 10. The minimum atomic E-state index is -0.116. The summed E-state index contributed by atoms with van der Waals surface area (Å²) in [5.41, 5.74) is 2.22. The second-order valence-corrected chi connectivity index (χ2v) is 10.8. The van der Waals surface area contributed by atoms with E-state index < -0.39 is 0 Å². The highest BCUT2D eigenvalue weighted by Crippen LogP contribution is 2.45. The predicted molar refractivity (Wildman–Crippen MR) is 138 cm³/mol. The van der Waals surface area contributed by atoms with Gasteiger partial charge in [0.25, 0.3) is 11.8 Å². The van der Waals surface area contributed by atoms with Crippen LogP contribution in [0.15, 0.2) is 27.6 Å². The van der Waals surface area contributed by atoms with E-state index >= 15 is 0 Å². The van der Waals surface area contributed by atoms with E-state index in [1.54, 1.807) is 4.90 Å². The lowest BCUT2D eigenvalue weighted by atomic mass is 9.98. The third kappa shape index (κ3) is 5.25. The molecule has 0 spiro atoms. The second kappa shape index (κ2) is 11.1. The van der Waals surface area contributed by atoms with E-state index in [1.165, 1.54) is 11.8 Å². The molecular formula is C24H31BrN2O2S2. The molecule has 1 saturated heterocycles. The molecule has 4 nitrogen and oxygen atoms in total. The van der Waals surface area contributed by atoms with Crippen LogP contribution in [0.3, 0.4) is 0 Å². The average Bonchev–Trinajstić information content (AvgIpc) is 3.17. The van der Waals surface area contributed by atoms with Crippen LogP contribution in [0.25, 0.3) is 5.57 Å². The highest BCUT2D eigenvalue weighted by atomic mass is 79.9. The number of benzene rings is 1. The van der Waals surface area contributed by atoms with Gasteiger partial charge in [0.1, 0.15) is 4.32 Å². The first-order valence-corrected chi connectivity index (χ1v) is 13.3. The lowest BCUT2D eigenvalue weighted by Crippen LogP contribution is -2.33. The molecule has 1 aromatic rings. The molecule has 0 N–H and O–H groups in total. The standard InChI is InChI=1S/C24H31BrN2O2S2/c1-4-7-9-13-26-19-12-11-17(25)14-18(19)20(22(26)28)21-23(29)27(24(30)31-21)15-16(6-3)10-8-5-2/h11-12,14,16H,4-10,13,15H2,1-3H3/b21-20-/t16-/m0/s1. The Kier molecular flexibility index (Phi) is 8.76. The molecule has 2 aliphatic rings. The quantitative estimate of drug-likeness (QED) is 0.193. The van der Waals surface area contributed by atoms with E-state index in [-0.39, 0.29) is 11.8 Å². The van der Waals surface area contributed by atoms with Crippen LogP contribution in [0.5, 0.6) is 0 Å². The molecule has 2 heterocycles. The maximum absolute atomic E-state index is 13.5. The van der Waals surface area contributed by atoms with Crippen molar-refractivity contribution in [3.8, 4) is 0 Å². The highest BCUT2D eigenvalue weighted by Gasteiger charge is 2.42. The van der Waals surface area contributed by atoms with Gasteiger partial charge in [-0.2, -0.15) is 0 Å². The molecule has 0 unspecified atom stereocenters. The van der Waals surface area contributed by atoms with Crippen molar-refractivity contribution in [3.63, 3.8) is 0 Å². The number of carbonyl (C=O) groups excluding carboxylic acids is 2. The van der Waals surface area contributed by atoms with Crippen molar-refractivity contribution in [2.75, 3.05) is 18.0 Å². The summed E-state index contributed by atoms with van der Waals surface area (Å²) in [5, 5.41) is 0. The number of carbonyl (C=O) groups is 2. The number of nitrogens with zero attached hydrogens (tertiary/aromatic N) is 2. The van der Waals surface area contributed by atoms with Crippen LogP contribution in [0.4, 0.5) is 5.69 Å². The van der Waals surface area contributed by atoms with Gasteiger partial charge in [0, 0.05) is 23.1 Å². The SMILES string of the molecule is CCCCCN1C(=O)/C(=C2\SC(=S)N(C[C@@H](CC)CCCC)C2=O)c2cc(Br)ccc21. The summed E-state index contributed by atoms with van der Waals surface area (Å²) in [4.78, 5) is 30.9. The van der Waals surface area contributed by atoms with Crippen molar-refractivity contribution >= 4 is 67.3 Å². The summed E-state index contributed by atoms with van der Waals surface area (Å²) in [6.45, 7) is 7.80. The van der Waals surface area contributed by atoms with E-state index in [0.717, 1.165) is 60.7 Å². The number of thioether (sulfide) groups is 1. The van der Waals surface area contributed by atoms with Crippen LogP contribution in [-0.4, -0.2) is 34.1 Å². The monoisotopic (exact) mass is 522 g/mol. The van der Waals surface area contributed by atoms with Gasteiger partial charge in [-0.05, 0) is 37.0 Å². The molecule has 0 saturated carbocycles. The maximum atomic E-state index is 13.5. The minimum Gasteiger partial charge on any atom is -0.308 e. The van der Waals surface area contributed by atoms with Crippen molar-refractivity contribution < 1.29 is 9.59 Å². The number of thiocarbonyl (C=S) groups is 1. The lowest BCUT2D eigenvalue weighted by Gasteiger charge is -2.21. The van der Waals surface area contributed by atoms with E-state index in [0.29, 0.717) is 33.8 Å². The van der Waals surface area contributed by atoms with Crippen LogP contribution < -0.4 is 4.90 Å². The first-order chi connectivity index (χ1) is 14.9. The maximum Gasteiger partial charge on any atom is 0.267 e. The van der Waals surface area contributed by atoms with Crippen molar-refractivity contribution in [1.82, 2.24) is 4.90 Å². The Hall–Kier alpha value is -1.18. The summed E-state index contributed by atoms with van der Waals surface area (Å²) in [7, 11) is 0. The fraction of sp³-hybridized carbons (Fsp3) is 0.542. The fourth-order valence-electron chi connectivity index (χ4n) is 4.15. The Morgan fingerprint density at radius 1 is 1.03 bits per heavy atom. The molecule has 2 aliphatic heterocycles. The third-order valence-corrected chi connectivity index (χ3v) is 7.96. The summed E-state index contributed by atoms with van der Waals surface area (Å²) in [6, 6.07) is 5.87. The molecule has 0 aromatic heterocycles. The first kappa shape index (κ1) is 24.5. The van der Waals surface area contributed by atoms with Crippen molar-refractivity contribution in [3.05, 3.63) is 33.1 Å². The van der Waals surface area contributed by atoms with Gasteiger partial charge in [-0.15, -0.1) is 0 Å². The summed E-state index contributed by atoms with van der Waals surface area (Å²) in [6.07, 6.45) is 7.52. The molecule has 7 heteroatoms. The molecule has 0 aliphatic carbocycles. The molecule has 168 valence electrons. The Morgan fingerprint density at radius 2 is 1.77 bits per heavy atom. The predicted octanol–water partition coefficient (Wildman–Crippen LogP) is 6.77. The van der Waals surface area contributed by atoms with Crippen molar-refractivity contribution in [1.29, 1.82) is 0 Å². The molecule has 1 fully saturated rings. The zero-order valence-corrected chi connectivity index (χ0v) is 21.8. The Bertz CT molecular complexity index is 900. The number of unbranched alkanes of at least 4 members (excludes halogenated alkanes) is 3. The van der Waals surface area contributed by atoms with Crippen LogP contribution in [-0.2, 0) is 9.59 Å². The Morgan fingerprint density at radius 3 is 2.45 bits per heavy atom. The topological polar surface area (TPSA) is 40.6 Å².